The van der Waals surface area contributed by atoms with Gasteiger partial charge in [0.15, 0.2) is 5.82 Å². The normalized spacial score (nSPS) is 20.9. The summed E-state index contributed by atoms with van der Waals surface area (Å²) in [5.41, 5.74) is 0. The number of aromatic nitrogens is 2. The lowest BCUT2D eigenvalue weighted by atomic mass is 10.2. The Morgan fingerprint density at radius 3 is 3.12 bits per heavy atom. The van der Waals surface area contributed by atoms with Gasteiger partial charge in [-0.05, 0) is 6.92 Å². The molecule has 0 bridgehead atoms. The highest BCUT2D eigenvalue weighted by Gasteiger charge is 2.21. The van der Waals surface area contributed by atoms with Crippen molar-refractivity contribution in [2.75, 3.05) is 17.3 Å². The number of hydrogen-bond donors (Lipinski definition) is 0. The molecule has 1 fully saturated rings. The Balaban J connectivity index is 1.93. The maximum Gasteiger partial charge on any atom is 0.227 e. The van der Waals surface area contributed by atoms with Gasteiger partial charge in [-0.1, -0.05) is 5.16 Å². The van der Waals surface area contributed by atoms with E-state index in [1.54, 1.807) is 6.92 Å². The van der Waals surface area contributed by atoms with Gasteiger partial charge in [-0.15, -0.1) is 11.8 Å². The van der Waals surface area contributed by atoms with Crippen LogP contribution in [0.3, 0.4) is 0 Å². The molecular formula is C10H14N2O2S2. The zero-order chi connectivity index (χ0) is 11.4. The monoisotopic (exact) mass is 258 g/mol. The highest BCUT2D eigenvalue weighted by Crippen LogP contribution is 2.35. The summed E-state index contributed by atoms with van der Waals surface area (Å²) in [6.45, 7) is 1.57. The molecule has 0 aromatic carbocycles. The lowest BCUT2D eigenvalue weighted by molar-refractivity contribution is -0.117. The van der Waals surface area contributed by atoms with Crippen LogP contribution >= 0.6 is 23.5 Å². The fraction of sp³-hybridized carbons (Fsp3) is 0.700. The maximum atomic E-state index is 10.8. The van der Waals surface area contributed by atoms with Gasteiger partial charge in [0.1, 0.15) is 5.78 Å². The van der Waals surface area contributed by atoms with Crippen LogP contribution in [0.25, 0.3) is 0 Å². The van der Waals surface area contributed by atoms with Crippen LogP contribution in [0.15, 0.2) is 4.52 Å². The number of nitrogens with zero attached hydrogens (tertiary/aromatic N) is 2. The van der Waals surface area contributed by atoms with Crippen LogP contribution < -0.4 is 0 Å². The average Bonchev–Trinajstić information content (AvgIpc) is 2.76. The predicted molar refractivity (Wildman–Crippen MR) is 65.8 cm³/mol. The third kappa shape index (κ3) is 3.25. The standard InChI is InChI=1S/C10H14N2O2S2/c1-7(13)2-3-9-11-10(12-14-9)8-6-15-4-5-16-8/h8H,2-6H2,1H3. The van der Waals surface area contributed by atoms with Crippen molar-refractivity contribution >= 4 is 29.3 Å². The quantitative estimate of drug-likeness (QED) is 0.824. The molecule has 0 aliphatic carbocycles. The molecule has 1 aromatic heterocycles. The molecule has 1 atom stereocenters. The first-order valence-corrected chi connectivity index (χ1v) is 7.47. The van der Waals surface area contributed by atoms with Crippen LogP contribution in [-0.2, 0) is 11.2 Å². The Hall–Kier alpha value is -0.490. The number of Topliss-reactive ketones (excluding diaryl/α,β-unsaturated/α-hetero) is 1. The summed E-state index contributed by atoms with van der Waals surface area (Å²) >= 11 is 3.81. The average molecular weight is 258 g/mol. The summed E-state index contributed by atoms with van der Waals surface area (Å²) < 4.78 is 5.13. The van der Waals surface area contributed by atoms with Crippen molar-refractivity contribution in [3.8, 4) is 0 Å². The minimum absolute atomic E-state index is 0.155. The van der Waals surface area contributed by atoms with Crippen LogP contribution in [0.4, 0.5) is 0 Å². The van der Waals surface area contributed by atoms with E-state index in [-0.39, 0.29) is 5.78 Å². The van der Waals surface area contributed by atoms with E-state index in [9.17, 15) is 4.79 Å². The molecule has 1 unspecified atom stereocenters. The predicted octanol–water partition coefficient (Wildman–Crippen LogP) is 2.11. The third-order valence-electron chi connectivity index (χ3n) is 2.28. The van der Waals surface area contributed by atoms with Gasteiger partial charge >= 0.3 is 0 Å². The van der Waals surface area contributed by atoms with Crippen molar-refractivity contribution in [2.45, 2.75) is 25.0 Å². The number of carbonyl (C=O) groups excluding carboxylic acids is 1. The van der Waals surface area contributed by atoms with E-state index in [0.29, 0.717) is 24.0 Å². The van der Waals surface area contributed by atoms with E-state index >= 15 is 0 Å². The molecule has 6 heteroatoms. The summed E-state index contributed by atoms with van der Waals surface area (Å²) in [5.74, 6) is 4.93. The molecular weight excluding hydrogens is 244 g/mol. The number of aryl methyl sites for hydroxylation is 1. The van der Waals surface area contributed by atoms with Gasteiger partial charge in [-0.3, -0.25) is 0 Å². The largest absolute Gasteiger partial charge is 0.339 e. The molecule has 0 amide bonds. The second kappa shape index (κ2) is 5.72. The molecule has 1 aromatic rings. The zero-order valence-electron chi connectivity index (χ0n) is 9.14. The van der Waals surface area contributed by atoms with Crippen LogP contribution in [-0.4, -0.2) is 33.2 Å². The number of thioether (sulfide) groups is 2. The Kier molecular flexibility index (Phi) is 4.29. The van der Waals surface area contributed by atoms with Gasteiger partial charge in [0.05, 0.1) is 5.25 Å². The molecule has 2 rings (SSSR count). The van der Waals surface area contributed by atoms with Gasteiger partial charge < -0.3 is 9.32 Å². The summed E-state index contributed by atoms with van der Waals surface area (Å²) in [6.07, 6.45) is 1.04. The lowest BCUT2D eigenvalue weighted by Crippen LogP contribution is -2.08. The van der Waals surface area contributed by atoms with E-state index in [1.165, 1.54) is 5.75 Å². The first kappa shape index (κ1) is 12.0. The third-order valence-corrected chi connectivity index (χ3v) is 5.03. The Labute approximate surface area is 103 Å². The molecule has 0 saturated carbocycles. The van der Waals surface area contributed by atoms with E-state index in [1.807, 2.05) is 23.5 Å². The van der Waals surface area contributed by atoms with E-state index in [0.717, 1.165) is 17.3 Å². The summed E-state index contributed by atoms with van der Waals surface area (Å²) in [4.78, 5) is 15.2. The Morgan fingerprint density at radius 2 is 2.44 bits per heavy atom. The first-order valence-electron chi connectivity index (χ1n) is 5.27. The van der Waals surface area contributed by atoms with Crippen LogP contribution in [0, 0.1) is 0 Å². The van der Waals surface area contributed by atoms with Crippen molar-refractivity contribution in [3.05, 3.63) is 11.7 Å². The van der Waals surface area contributed by atoms with E-state index in [2.05, 4.69) is 10.1 Å². The molecule has 16 heavy (non-hydrogen) atoms. The molecule has 4 nitrogen and oxygen atoms in total. The minimum atomic E-state index is 0.155. The molecule has 0 spiro atoms. The van der Waals surface area contributed by atoms with Gasteiger partial charge in [-0.25, -0.2) is 0 Å². The molecule has 1 aliphatic heterocycles. The SMILES string of the molecule is CC(=O)CCc1nc(C2CSCCS2)no1. The molecule has 0 radical (unpaired) electrons. The second-order valence-corrected chi connectivity index (χ2v) is 6.14. The van der Waals surface area contributed by atoms with Crippen molar-refractivity contribution in [2.24, 2.45) is 0 Å². The summed E-state index contributed by atoms with van der Waals surface area (Å²) in [5, 5.41) is 4.34. The number of carbonyl (C=O) groups is 1. The van der Waals surface area contributed by atoms with Crippen molar-refractivity contribution in [3.63, 3.8) is 0 Å². The molecule has 2 heterocycles. The number of rotatable bonds is 4. The van der Waals surface area contributed by atoms with Gasteiger partial charge in [0, 0.05) is 30.1 Å². The Morgan fingerprint density at radius 1 is 1.56 bits per heavy atom. The number of ketones is 1. The van der Waals surface area contributed by atoms with Crippen molar-refractivity contribution < 1.29 is 9.32 Å². The zero-order valence-corrected chi connectivity index (χ0v) is 10.8. The number of hydrogen-bond acceptors (Lipinski definition) is 6. The molecule has 88 valence electrons. The topological polar surface area (TPSA) is 56.0 Å². The van der Waals surface area contributed by atoms with Gasteiger partial charge in [-0.2, -0.15) is 16.7 Å². The van der Waals surface area contributed by atoms with E-state index in [4.69, 9.17) is 4.52 Å². The van der Waals surface area contributed by atoms with Gasteiger partial charge in [0.25, 0.3) is 0 Å². The lowest BCUT2D eigenvalue weighted by Gasteiger charge is -2.16. The van der Waals surface area contributed by atoms with Crippen molar-refractivity contribution in [1.29, 1.82) is 0 Å². The summed E-state index contributed by atoms with van der Waals surface area (Å²) in [7, 11) is 0. The summed E-state index contributed by atoms with van der Waals surface area (Å²) in [6, 6.07) is 0. The smallest absolute Gasteiger partial charge is 0.227 e. The minimum Gasteiger partial charge on any atom is -0.339 e. The molecule has 0 N–H and O–H groups in total. The fourth-order valence-corrected chi connectivity index (χ4v) is 4.01. The second-order valence-electron chi connectivity index (χ2n) is 3.68. The Bertz CT molecular complexity index is 361. The van der Waals surface area contributed by atoms with Crippen LogP contribution in [0.2, 0.25) is 0 Å². The molecule has 1 saturated heterocycles. The van der Waals surface area contributed by atoms with Crippen LogP contribution in [0.5, 0.6) is 0 Å². The molecule has 1 aliphatic rings. The van der Waals surface area contributed by atoms with E-state index < -0.39 is 0 Å². The van der Waals surface area contributed by atoms with Crippen LogP contribution in [0.1, 0.15) is 30.3 Å². The highest BCUT2D eigenvalue weighted by atomic mass is 32.2. The fourth-order valence-electron chi connectivity index (χ4n) is 1.42. The highest BCUT2D eigenvalue weighted by molar-refractivity contribution is 8.06. The van der Waals surface area contributed by atoms with Crippen molar-refractivity contribution in [1.82, 2.24) is 10.1 Å². The maximum absolute atomic E-state index is 10.8. The van der Waals surface area contributed by atoms with Gasteiger partial charge in [0.2, 0.25) is 5.89 Å². The first-order chi connectivity index (χ1) is 7.75.